The number of thiophene rings is 1. The van der Waals surface area contributed by atoms with Crippen molar-refractivity contribution in [2.45, 2.75) is 13.8 Å². The molecule has 31 heavy (non-hydrogen) atoms. The highest BCUT2D eigenvalue weighted by Gasteiger charge is 2.33. The first kappa shape index (κ1) is 18.9. The van der Waals surface area contributed by atoms with Gasteiger partial charge in [0.1, 0.15) is 15.5 Å². The number of amides is 2. The molecule has 9 nitrogen and oxygen atoms in total. The molecule has 4 aromatic heterocycles. The van der Waals surface area contributed by atoms with Crippen LogP contribution in [-0.2, 0) is 0 Å². The second kappa shape index (κ2) is 7.03. The first-order chi connectivity index (χ1) is 14.9. The normalized spacial score (nSPS) is 12.7. The number of carboxylic acid groups (broad SMARTS) is 1. The van der Waals surface area contributed by atoms with E-state index in [0.717, 1.165) is 17.0 Å². The molecule has 2 amide bonds. The molecule has 0 saturated carbocycles. The Kier molecular flexibility index (Phi) is 4.29. The van der Waals surface area contributed by atoms with Gasteiger partial charge in [0.05, 0.1) is 34.3 Å². The highest BCUT2D eigenvalue weighted by molar-refractivity contribution is 7.21. The van der Waals surface area contributed by atoms with Gasteiger partial charge in [-0.05, 0) is 38.1 Å². The summed E-state index contributed by atoms with van der Waals surface area (Å²) >= 11 is 1.03. The van der Waals surface area contributed by atoms with Crippen LogP contribution < -0.4 is 15.0 Å². The number of aromatic nitrogens is 3. The lowest BCUT2D eigenvalue weighted by Crippen LogP contribution is -2.34. The third-order valence-electron chi connectivity index (χ3n) is 4.82. The number of nitrogens with zero attached hydrogens (tertiary/aromatic N) is 4. The number of aromatic carboxylic acids is 1. The summed E-state index contributed by atoms with van der Waals surface area (Å²) in [6, 6.07) is 8.26. The minimum Gasteiger partial charge on any atom is -0.477 e. The summed E-state index contributed by atoms with van der Waals surface area (Å²) in [4.78, 5) is 39.5. The maximum absolute atomic E-state index is 13.0. The zero-order valence-corrected chi connectivity index (χ0v) is 17.2. The maximum atomic E-state index is 13.0. The van der Waals surface area contributed by atoms with Crippen LogP contribution in [0, 0.1) is 13.8 Å². The van der Waals surface area contributed by atoms with Crippen molar-refractivity contribution in [2.24, 2.45) is 0 Å². The fourth-order valence-electron chi connectivity index (χ4n) is 3.43. The first-order valence-electron chi connectivity index (χ1n) is 9.26. The van der Waals surface area contributed by atoms with Crippen molar-refractivity contribution in [2.75, 3.05) is 10.2 Å². The summed E-state index contributed by atoms with van der Waals surface area (Å²) in [7, 11) is 0. The Bertz CT molecular complexity index is 1370. The highest BCUT2D eigenvalue weighted by atomic mass is 32.1. The molecule has 10 heteroatoms. The lowest BCUT2D eigenvalue weighted by molar-refractivity contribution is 0.0703. The summed E-state index contributed by atoms with van der Waals surface area (Å²) < 4.78 is 5.76. The number of hydrogen-bond acceptors (Lipinski definition) is 7. The van der Waals surface area contributed by atoms with E-state index in [9.17, 15) is 14.7 Å². The van der Waals surface area contributed by atoms with E-state index in [2.05, 4.69) is 20.3 Å². The second-order valence-corrected chi connectivity index (χ2v) is 7.88. The van der Waals surface area contributed by atoms with Gasteiger partial charge in [0.25, 0.3) is 0 Å². The Balaban J connectivity index is 1.56. The number of carbonyl (C=O) groups is 2. The van der Waals surface area contributed by atoms with Crippen LogP contribution in [0.15, 0.2) is 42.7 Å². The lowest BCUT2D eigenvalue weighted by atomic mass is 10.1. The fraction of sp³-hybridized carbons (Fsp3) is 0.0952. The van der Waals surface area contributed by atoms with Crippen LogP contribution in [0.1, 0.15) is 21.1 Å². The van der Waals surface area contributed by atoms with Crippen molar-refractivity contribution in [1.82, 2.24) is 15.0 Å². The molecule has 0 bridgehead atoms. The Morgan fingerprint density at radius 3 is 2.68 bits per heavy atom. The van der Waals surface area contributed by atoms with Crippen LogP contribution in [0.25, 0.3) is 10.2 Å². The minimum absolute atomic E-state index is 0.0493. The van der Waals surface area contributed by atoms with E-state index in [4.69, 9.17) is 4.74 Å². The number of carbonyl (C=O) groups excluding carboxylic acids is 1. The second-order valence-electron chi connectivity index (χ2n) is 6.88. The predicted octanol–water partition coefficient (Wildman–Crippen LogP) is 4.88. The van der Waals surface area contributed by atoms with Crippen molar-refractivity contribution in [3.63, 3.8) is 0 Å². The van der Waals surface area contributed by atoms with E-state index in [-0.39, 0.29) is 10.6 Å². The summed E-state index contributed by atoms with van der Waals surface area (Å²) in [5, 5.41) is 12.8. The molecule has 0 atom stereocenters. The number of urea groups is 1. The van der Waals surface area contributed by atoms with Gasteiger partial charge in [-0.3, -0.25) is 9.88 Å². The zero-order chi connectivity index (χ0) is 21.7. The number of ether oxygens (including phenoxy) is 1. The molecule has 0 aliphatic carbocycles. The molecule has 4 aromatic rings. The number of rotatable bonds is 4. The Hall–Kier alpha value is -4.05. The first-order valence-corrected chi connectivity index (χ1v) is 10.1. The maximum Gasteiger partial charge on any atom is 0.348 e. The predicted molar refractivity (Wildman–Crippen MR) is 116 cm³/mol. The van der Waals surface area contributed by atoms with E-state index in [1.165, 1.54) is 4.90 Å². The average Bonchev–Trinajstić information content (AvgIpc) is 3.11. The molecule has 2 N–H and O–H groups in total. The average molecular weight is 433 g/mol. The molecular weight excluding hydrogens is 418 g/mol. The molecule has 1 aliphatic heterocycles. The summed E-state index contributed by atoms with van der Waals surface area (Å²) in [6.45, 7) is 3.66. The van der Waals surface area contributed by atoms with E-state index < -0.39 is 12.0 Å². The minimum atomic E-state index is -1.11. The molecule has 0 aromatic carbocycles. The van der Waals surface area contributed by atoms with Gasteiger partial charge in [-0.25, -0.2) is 19.6 Å². The molecule has 0 radical (unpaired) electrons. The van der Waals surface area contributed by atoms with E-state index >= 15 is 0 Å². The summed E-state index contributed by atoms with van der Waals surface area (Å²) in [6.07, 6.45) is 3.17. The highest BCUT2D eigenvalue weighted by Crippen LogP contribution is 2.46. The Labute approximate surface area is 180 Å². The monoisotopic (exact) mass is 433 g/mol. The third-order valence-corrected chi connectivity index (χ3v) is 5.91. The van der Waals surface area contributed by atoms with Crippen LogP contribution in [0.4, 0.5) is 21.9 Å². The molecule has 5 heterocycles. The van der Waals surface area contributed by atoms with Crippen molar-refractivity contribution < 1.29 is 19.4 Å². The number of hydrogen-bond donors (Lipinski definition) is 2. The molecule has 5 rings (SSSR count). The molecule has 0 saturated heterocycles. The van der Waals surface area contributed by atoms with Crippen LogP contribution >= 0.6 is 11.3 Å². The number of carboxylic acids is 1. The van der Waals surface area contributed by atoms with Gasteiger partial charge < -0.3 is 15.2 Å². The van der Waals surface area contributed by atoms with Gasteiger partial charge in [0, 0.05) is 18.0 Å². The molecule has 0 spiro atoms. The van der Waals surface area contributed by atoms with Gasteiger partial charge in [-0.2, -0.15) is 0 Å². The number of nitrogens with one attached hydrogen (secondary N) is 1. The summed E-state index contributed by atoms with van der Waals surface area (Å²) in [5.74, 6) is -0.183. The van der Waals surface area contributed by atoms with Crippen molar-refractivity contribution in [3.8, 4) is 11.6 Å². The van der Waals surface area contributed by atoms with Gasteiger partial charge in [0.2, 0.25) is 5.88 Å². The number of aryl methyl sites for hydroxylation is 2. The van der Waals surface area contributed by atoms with E-state index in [1.807, 2.05) is 13.0 Å². The van der Waals surface area contributed by atoms with Crippen LogP contribution in [-0.4, -0.2) is 32.1 Å². The van der Waals surface area contributed by atoms with Crippen molar-refractivity contribution >= 4 is 50.6 Å². The fourth-order valence-corrected chi connectivity index (χ4v) is 4.39. The van der Waals surface area contributed by atoms with Gasteiger partial charge in [-0.1, -0.05) is 0 Å². The van der Waals surface area contributed by atoms with Gasteiger partial charge >= 0.3 is 12.0 Å². The summed E-state index contributed by atoms with van der Waals surface area (Å²) in [5.41, 5.74) is 2.82. The van der Waals surface area contributed by atoms with Crippen molar-refractivity contribution in [1.29, 1.82) is 0 Å². The Morgan fingerprint density at radius 2 is 1.97 bits per heavy atom. The smallest absolute Gasteiger partial charge is 0.348 e. The SMILES string of the molecule is Cc1ccc(Oc2ccc(N3C(=O)Nc4c(C(=O)O)sc5nccc3c45)c(C)n2)cn1. The molecule has 0 fully saturated rings. The zero-order valence-electron chi connectivity index (χ0n) is 16.4. The number of anilines is 3. The quantitative estimate of drug-likeness (QED) is 0.471. The van der Waals surface area contributed by atoms with Gasteiger partial charge in [-0.15, -0.1) is 11.3 Å². The number of pyridine rings is 3. The third kappa shape index (κ3) is 3.13. The topological polar surface area (TPSA) is 118 Å². The Morgan fingerprint density at radius 1 is 1.13 bits per heavy atom. The van der Waals surface area contributed by atoms with Gasteiger partial charge in [0.15, 0.2) is 0 Å². The molecule has 1 aliphatic rings. The van der Waals surface area contributed by atoms with E-state index in [0.29, 0.717) is 38.9 Å². The molecule has 0 unspecified atom stereocenters. The largest absolute Gasteiger partial charge is 0.477 e. The standard InChI is InChI=1S/C21H15N5O4S/c1-10-3-4-12(9-23-10)30-15-6-5-13(11(2)24-15)26-14-7-8-22-19-16(14)17(25-21(26)29)18(31-19)20(27)28/h3-9H,1-2H3,(H,25,29)(H,27,28). The van der Waals surface area contributed by atoms with Crippen LogP contribution in [0.3, 0.4) is 0 Å². The van der Waals surface area contributed by atoms with Crippen LogP contribution in [0.2, 0.25) is 0 Å². The van der Waals surface area contributed by atoms with E-state index in [1.54, 1.807) is 43.6 Å². The molecular formula is C21H15N5O4S. The van der Waals surface area contributed by atoms with Crippen molar-refractivity contribution in [3.05, 3.63) is 59.0 Å². The van der Waals surface area contributed by atoms with Crippen LogP contribution in [0.5, 0.6) is 11.6 Å². The lowest BCUT2D eigenvalue weighted by Gasteiger charge is -2.29. The molecule has 154 valence electrons.